The highest BCUT2D eigenvalue weighted by molar-refractivity contribution is 5.69. The highest BCUT2D eigenvalue weighted by Crippen LogP contribution is 2.17. The van der Waals surface area contributed by atoms with Crippen molar-refractivity contribution in [3.63, 3.8) is 0 Å². The van der Waals surface area contributed by atoms with Crippen molar-refractivity contribution < 1.29 is 23.8 Å². The van der Waals surface area contributed by atoms with Crippen molar-refractivity contribution >= 4 is 11.9 Å². The average Bonchev–Trinajstić information content (AvgIpc) is 3.30. The Morgan fingerprint density at radius 2 is 0.562 bits per heavy atom. The van der Waals surface area contributed by atoms with Crippen LogP contribution >= 0.6 is 0 Å². The highest BCUT2D eigenvalue weighted by Gasteiger charge is 2.16. The summed E-state index contributed by atoms with van der Waals surface area (Å²) in [6, 6.07) is 0. The first-order valence-electron chi connectivity index (χ1n) is 29.2. The van der Waals surface area contributed by atoms with Crippen LogP contribution in [-0.2, 0) is 23.8 Å². The molecule has 5 nitrogen and oxygen atoms in total. The lowest BCUT2D eigenvalue weighted by molar-refractivity contribution is -0.155. The average molecular weight is 904 g/mol. The van der Waals surface area contributed by atoms with Gasteiger partial charge in [0, 0.05) is 19.4 Å². The molecule has 0 amide bonds. The molecule has 0 saturated carbocycles. The number of hydrogen-bond acceptors (Lipinski definition) is 5. The lowest BCUT2D eigenvalue weighted by Crippen LogP contribution is -2.29. The smallest absolute Gasteiger partial charge is 0.305 e. The number of rotatable bonds is 55. The fourth-order valence-corrected chi connectivity index (χ4v) is 8.88. The second kappa shape index (κ2) is 56.0. The van der Waals surface area contributed by atoms with E-state index in [2.05, 4.69) is 32.9 Å². The molecule has 0 fully saturated rings. The van der Waals surface area contributed by atoms with E-state index >= 15 is 0 Å². The summed E-state index contributed by atoms with van der Waals surface area (Å²) in [7, 11) is 0. The molecule has 1 atom stereocenters. The summed E-state index contributed by atoms with van der Waals surface area (Å²) in [4.78, 5) is 25.3. The molecular formula is C59H114O5. The molecule has 64 heavy (non-hydrogen) atoms. The van der Waals surface area contributed by atoms with Gasteiger partial charge in [0.1, 0.15) is 19.3 Å². The van der Waals surface area contributed by atoms with Crippen molar-refractivity contribution in [2.24, 2.45) is 0 Å². The number of unbranched alkanes of at least 4 members (excludes halogenated alkanes) is 42. The zero-order chi connectivity index (χ0) is 46.3. The molecule has 0 radical (unpaired) electrons. The zero-order valence-corrected chi connectivity index (χ0v) is 43.8. The van der Waals surface area contributed by atoms with Gasteiger partial charge in [-0.15, -0.1) is 0 Å². The molecule has 0 bridgehead atoms. The van der Waals surface area contributed by atoms with Gasteiger partial charge in [-0.25, -0.2) is 0 Å². The maximum Gasteiger partial charge on any atom is 0.305 e. The standard InChI is InChI=1S/C59H114O5/c1-4-7-10-13-16-19-22-24-26-28-29-30-31-32-33-35-38-41-44-47-50-53-59(61)64-56-57(55-63-58(60)52-49-46-43-40-37-21-18-15-12-9-6-3)62-54-51-48-45-42-39-36-34-27-25-23-20-17-14-11-8-5-2/h15,18,57H,4-14,16-17,19-56H2,1-3H3/b18-15-/t57-/m1/s1. The van der Waals surface area contributed by atoms with E-state index in [0.717, 1.165) is 51.4 Å². The molecule has 380 valence electrons. The molecule has 0 aromatic heterocycles. The summed E-state index contributed by atoms with van der Waals surface area (Å²) in [6.07, 6.45) is 65.5. The molecule has 0 aliphatic heterocycles. The normalized spacial score (nSPS) is 12.1. The molecule has 0 saturated heterocycles. The summed E-state index contributed by atoms with van der Waals surface area (Å²) in [6.45, 7) is 7.76. The second-order valence-electron chi connectivity index (χ2n) is 19.9. The van der Waals surface area contributed by atoms with Crippen LogP contribution in [0.4, 0.5) is 0 Å². The quantitative estimate of drug-likeness (QED) is 0.0346. The van der Waals surface area contributed by atoms with Gasteiger partial charge >= 0.3 is 11.9 Å². The molecule has 0 rings (SSSR count). The van der Waals surface area contributed by atoms with Crippen molar-refractivity contribution in [1.29, 1.82) is 0 Å². The van der Waals surface area contributed by atoms with Gasteiger partial charge in [0.15, 0.2) is 0 Å². The Morgan fingerprint density at radius 3 is 0.875 bits per heavy atom. The van der Waals surface area contributed by atoms with E-state index in [-0.39, 0.29) is 25.2 Å². The number of ether oxygens (including phenoxy) is 3. The SMILES string of the molecule is CCCC/C=C\CCCCCCCC(=O)OC[C@H](COC(=O)CCCCCCCCCCCCCCCCCCCCCCC)OCCCCCCCCCCCCCCCCCC. The lowest BCUT2D eigenvalue weighted by atomic mass is 10.0. The Balaban J connectivity index is 4.11. The first-order chi connectivity index (χ1) is 31.6. The van der Waals surface area contributed by atoms with Gasteiger partial charge in [0.25, 0.3) is 0 Å². The summed E-state index contributed by atoms with van der Waals surface area (Å²) in [5.41, 5.74) is 0. The molecule has 0 unspecified atom stereocenters. The first-order valence-corrected chi connectivity index (χ1v) is 29.2. The Kier molecular flexibility index (Phi) is 54.8. The maximum absolute atomic E-state index is 12.7. The van der Waals surface area contributed by atoms with Gasteiger partial charge in [-0.3, -0.25) is 9.59 Å². The molecule has 5 heteroatoms. The number of carbonyl (C=O) groups is 2. The fraction of sp³-hybridized carbons (Fsp3) is 0.932. The maximum atomic E-state index is 12.7. The predicted molar refractivity (Wildman–Crippen MR) is 279 cm³/mol. The fourth-order valence-electron chi connectivity index (χ4n) is 8.88. The molecule has 0 aliphatic carbocycles. The van der Waals surface area contributed by atoms with Crippen molar-refractivity contribution in [3.05, 3.63) is 12.2 Å². The van der Waals surface area contributed by atoms with E-state index < -0.39 is 6.10 Å². The van der Waals surface area contributed by atoms with Crippen LogP contribution in [0.1, 0.15) is 329 Å². The summed E-state index contributed by atoms with van der Waals surface area (Å²) < 4.78 is 17.5. The van der Waals surface area contributed by atoms with E-state index in [1.165, 1.54) is 244 Å². The third-order valence-electron chi connectivity index (χ3n) is 13.3. The minimum absolute atomic E-state index is 0.156. The van der Waals surface area contributed by atoms with E-state index in [4.69, 9.17) is 14.2 Å². The van der Waals surface area contributed by atoms with E-state index in [0.29, 0.717) is 19.4 Å². The number of esters is 2. The molecule has 0 aromatic carbocycles. The van der Waals surface area contributed by atoms with Crippen molar-refractivity contribution in [2.75, 3.05) is 19.8 Å². The number of carbonyl (C=O) groups excluding carboxylic acids is 2. The molecular weight excluding hydrogens is 789 g/mol. The van der Waals surface area contributed by atoms with Gasteiger partial charge in [0.05, 0.1) is 0 Å². The van der Waals surface area contributed by atoms with Crippen molar-refractivity contribution in [1.82, 2.24) is 0 Å². The van der Waals surface area contributed by atoms with E-state index in [1.54, 1.807) is 0 Å². The van der Waals surface area contributed by atoms with E-state index in [9.17, 15) is 9.59 Å². The van der Waals surface area contributed by atoms with Crippen LogP contribution < -0.4 is 0 Å². The minimum atomic E-state index is -0.394. The molecule has 0 N–H and O–H groups in total. The lowest BCUT2D eigenvalue weighted by Gasteiger charge is -2.18. The van der Waals surface area contributed by atoms with Gasteiger partial charge < -0.3 is 14.2 Å². The summed E-state index contributed by atoms with van der Waals surface area (Å²) >= 11 is 0. The Bertz CT molecular complexity index is 932. The van der Waals surface area contributed by atoms with Crippen molar-refractivity contribution in [2.45, 2.75) is 335 Å². The largest absolute Gasteiger partial charge is 0.463 e. The summed E-state index contributed by atoms with van der Waals surface area (Å²) in [5, 5.41) is 0. The van der Waals surface area contributed by atoms with Crippen LogP contribution in [-0.4, -0.2) is 37.9 Å². The van der Waals surface area contributed by atoms with Crippen LogP contribution in [0.3, 0.4) is 0 Å². The van der Waals surface area contributed by atoms with Crippen molar-refractivity contribution in [3.8, 4) is 0 Å². The van der Waals surface area contributed by atoms with Crippen LogP contribution in [0.2, 0.25) is 0 Å². The zero-order valence-electron chi connectivity index (χ0n) is 43.8. The van der Waals surface area contributed by atoms with Gasteiger partial charge in [-0.1, -0.05) is 290 Å². The third-order valence-corrected chi connectivity index (χ3v) is 13.3. The first kappa shape index (κ1) is 62.6. The van der Waals surface area contributed by atoms with Crippen LogP contribution in [0.15, 0.2) is 12.2 Å². The Morgan fingerprint density at radius 1 is 0.312 bits per heavy atom. The highest BCUT2D eigenvalue weighted by atomic mass is 16.6. The Hall–Kier alpha value is -1.36. The Labute approximate surface area is 401 Å². The van der Waals surface area contributed by atoms with Crippen LogP contribution in [0.25, 0.3) is 0 Å². The van der Waals surface area contributed by atoms with Crippen LogP contribution in [0, 0.1) is 0 Å². The minimum Gasteiger partial charge on any atom is -0.463 e. The predicted octanol–water partition coefficient (Wildman–Crippen LogP) is 19.8. The van der Waals surface area contributed by atoms with Gasteiger partial charge in [-0.2, -0.15) is 0 Å². The van der Waals surface area contributed by atoms with E-state index in [1.807, 2.05) is 0 Å². The third kappa shape index (κ3) is 53.3. The molecule has 0 spiro atoms. The van der Waals surface area contributed by atoms with Gasteiger partial charge in [-0.05, 0) is 38.5 Å². The number of hydrogen-bond donors (Lipinski definition) is 0. The summed E-state index contributed by atoms with van der Waals surface area (Å²) in [5.74, 6) is -0.322. The monoisotopic (exact) mass is 903 g/mol. The number of allylic oxidation sites excluding steroid dienone is 2. The van der Waals surface area contributed by atoms with Crippen LogP contribution in [0.5, 0.6) is 0 Å². The second-order valence-corrected chi connectivity index (χ2v) is 19.9. The molecule has 0 heterocycles. The van der Waals surface area contributed by atoms with Gasteiger partial charge in [0.2, 0.25) is 0 Å². The topological polar surface area (TPSA) is 61.8 Å². The molecule has 0 aliphatic rings. The molecule has 0 aromatic rings.